The number of hydrogen-bond acceptors (Lipinski definition) is 5. The van der Waals surface area contributed by atoms with E-state index in [4.69, 9.17) is 0 Å². The van der Waals surface area contributed by atoms with Gasteiger partial charge in [0.15, 0.2) is 0 Å². The first-order valence-corrected chi connectivity index (χ1v) is 12.4. The number of rotatable bonds is 9. The second kappa shape index (κ2) is 12.9. The number of hydrogen-bond donors (Lipinski definition) is 2. The summed E-state index contributed by atoms with van der Waals surface area (Å²) in [6.07, 6.45) is 5.49. The zero-order valence-corrected chi connectivity index (χ0v) is 22.4. The summed E-state index contributed by atoms with van der Waals surface area (Å²) in [5.41, 5.74) is 9.57. The molecule has 0 spiro atoms. The Morgan fingerprint density at radius 3 is 2.46 bits per heavy atom. The molecule has 2 N–H and O–H groups in total. The fourth-order valence-corrected chi connectivity index (χ4v) is 4.39. The van der Waals surface area contributed by atoms with Gasteiger partial charge in [-0.25, -0.2) is 0 Å². The Kier molecular flexibility index (Phi) is 9.70. The summed E-state index contributed by atoms with van der Waals surface area (Å²) < 4.78 is 0. The molecule has 1 heterocycles. The van der Waals surface area contributed by atoms with Crippen molar-refractivity contribution in [2.24, 2.45) is 0 Å². The van der Waals surface area contributed by atoms with Gasteiger partial charge in [-0.1, -0.05) is 37.4 Å². The molecule has 1 saturated heterocycles. The normalized spacial score (nSPS) is 14.9. The van der Waals surface area contributed by atoms with Crippen LogP contribution in [0.15, 0.2) is 78.8 Å². The van der Waals surface area contributed by atoms with E-state index in [1.54, 1.807) is 12.2 Å². The van der Waals surface area contributed by atoms with Crippen molar-refractivity contribution in [1.29, 1.82) is 0 Å². The Morgan fingerprint density at radius 1 is 1.11 bits per heavy atom. The third-order valence-electron chi connectivity index (χ3n) is 6.52. The highest BCUT2D eigenvalue weighted by Gasteiger charge is 2.16. The van der Waals surface area contributed by atoms with E-state index in [0.717, 1.165) is 65.5 Å². The third-order valence-corrected chi connectivity index (χ3v) is 6.52. The maximum Gasteiger partial charge on any atom is 0.255 e. The Bertz CT molecular complexity index is 1240. The lowest BCUT2D eigenvalue weighted by Crippen LogP contribution is -2.44. The number of aliphatic hydroxyl groups excluding tert-OH is 1. The molecule has 0 bridgehead atoms. The van der Waals surface area contributed by atoms with Crippen LogP contribution in [0.3, 0.4) is 0 Å². The maximum atomic E-state index is 13.1. The van der Waals surface area contributed by atoms with Crippen LogP contribution in [-0.2, 0) is 0 Å². The molecule has 2 aromatic carbocycles. The highest BCUT2D eigenvalue weighted by molar-refractivity contribution is 5.96. The second-order valence-electron chi connectivity index (χ2n) is 9.43. The summed E-state index contributed by atoms with van der Waals surface area (Å²) in [5.74, 6) is -0.147. The monoisotopic (exact) mass is 498 g/mol. The van der Waals surface area contributed by atoms with Crippen LogP contribution in [0.4, 0.5) is 5.69 Å². The van der Waals surface area contributed by atoms with Gasteiger partial charge in [0.05, 0.1) is 6.61 Å². The highest BCUT2D eigenvalue weighted by atomic mass is 16.3. The number of nitrogens with zero attached hydrogens (tertiary/aromatic N) is 3. The lowest BCUT2D eigenvalue weighted by molar-refractivity contribution is 0.0966. The molecule has 0 unspecified atom stereocenters. The molecule has 6 heteroatoms. The van der Waals surface area contributed by atoms with Gasteiger partial charge in [0.2, 0.25) is 0 Å². The Balaban J connectivity index is 1.87. The molecular formula is C31H38N4O2. The van der Waals surface area contributed by atoms with Gasteiger partial charge in [0.25, 0.3) is 5.91 Å². The van der Waals surface area contributed by atoms with Crippen LogP contribution in [0.2, 0.25) is 0 Å². The molecule has 1 amide bonds. The number of amides is 1. The van der Waals surface area contributed by atoms with E-state index in [2.05, 4.69) is 47.1 Å². The lowest BCUT2D eigenvalue weighted by Gasteiger charge is -2.34. The van der Waals surface area contributed by atoms with Gasteiger partial charge in [0, 0.05) is 68.5 Å². The fourth-order valence-electron chi connectivity index (χ4n) is 4.39. The first-order valence-electron chi connectivity index (χ1n) is 12.4. The minimum absolute atomic E-state index is 0.114. The maximum absolute atomic E-state index is 13.1. The van der Waals surface area contributed by atoms with Crippen molar-refractivity contribution in [2.75, 3.05) is 58.8 Å². The summed E-state index contributed by atoms with van der Waals surface area (Å²) in [6.45, 7) is 13.3. The van der Waals surface area contributed by atoms with Crippen molar-refractivity contribution in [3.63, 3.8) is 0 Å². The van der Waals surface area contributed by atoms with Gasteiger partial charge < -0.3 is 25.1 Å². The standard InChI is InChI=1S/C31H38N4O2/c1-7-10-29(30(22-36)33(4)5)25-14-13-24(8-2)27(20-25)19-23(3)32-31(37)26-11-9-12-28(21-26)35-17-15-34(6)16-18-35/h8-14,19-21,36H,1-2,15-18,22H2,3-6H3,(H,32,37)/b23-19+,30-29+. The van der Waals surface area contributed by atoms with Crippen molar-refractivity contribution in [1.82, 2.24) is 15.1 Å². The Morgan fingerprint density at radius 2 is 1.84 bits per heavy atom. The van der Waals surface area contributed by atoms with Gasteiger partial charge in [-0.3, -0.25) is 4.79 Å². The van der Waals surface area contributed by atoms with Gasteiger partial charge >= 0.3 is 0 Å². The van der Waals surface area contributed by atoms with Crippen LogP contribution in [0.5, 0.6) is 0 Å². The van der Waals surface area contributed by atoms with Crippen LogP contribution in [-0.4, -0.2) is 74.7 Å². The molecule has 0 saturated carbocycles. The van der Waals surface area contributed by atoms with Gasteiger partial charge in [-0.05, 0) is 67.1 Å². The van der Waals surface area contributed by atoms with E-state index in [1.165, 1.54) is 0 Å². The van der Waals surface area contributed by atoms with Crippen LogP contribution in [0.25, 0.3) is 17.7 Å². The Labute approximate surface area is 221 Å². The van der Waals surface area contributed by atoms with Crippen molar-refractivity contribution >= 4 is 29.3 Å². The highest BCUT2D eigenvalue weighted by Crippen LogP contribution is 2.26. The van der Waals surface area contributed by atoms with E-state index in [0.29, 0.717) is 5.56 Å². The van der Waals surface area contributed by atoms with Crippen molar-refractivity contribution in [3.05, 3.63) is 101 Å². The molecule has 194 valence electrons. The molecular weight excluding hydrogens is 460 g/mol. The molecule has 1 aliphatic rings. The number of likely N-dealkylation sites (N-methyl/N-ethyl adjacent to an activating group) is 2. The summed E-state index contributed by atoms with van der Waals surface area (Å²) in [4.78, 5) is 19.6. The first-order chi connectivity index (χ1) is 17.8. The zero-order chi connectivity index (χ0) is 26.9. The molecule has 0 radical (unpaired) electrons. The summed E-state index contributed by atoms with van der Waals surface area (Å²) in [5, 5.41) is 13.0. The predicted octanol–water partition coefficient (Wildman–Crippen LogP) is 4.48. The number of anilines is 1. The summed E-state index contributed by atoms with van der Waals surface area (Å²) in [7, 11) is 5.91. The van der Waals surface area contributed by atoms with E-state index in [1.807, 2.05) is 68.4 Å². The number of carbonyl (C=O) groups is 1. The number of carbonyl (C=O) groups excluding carboxylic acids is 1. The molecule has 3 rings (SSSR count). The predicted molar refractivity (Wildman–Crippen MR) is 155 cm³/mol. The molecule has 37 heavy (non-hydrogen) atoms. The topological polar surface area (TPSA) is 59.1 Å². The minimum Gasteiger partial charge on any atom is -0.390 e. The molecule has 6 nitrogen and oxygen atoms in total. The number of nitrogens with one attached hydrogen (secondary N) is 1. The third kappa shape index (κ3) is 7.11. The number of benzene rings is 2. The van der Waals surface area contributed by atoms with Crippen LogP contribution in [0, 0.1) is 0 Å². The van der Waals surface area contributed by atoms with Gasteiger partial charge in [-0.2, -0.15) is 0 Å². The average Bonchev–Trinajstić information content (AvgIpc) is 2.89. The quantitative estimate of drug-likeness (QED) is 0.394. The Hall–Kier alpha value is -3.83. The fraction of sp³-hybridized carbons (Fsp3) is 0.290. The van der Waals surface area contributed by atoms with E-state index >= 15 is 0 Å². The lowest BCUT2D eigenvalue weighted by atomic mass is 9.96. The SMILES string of the molecule is C=C=C/C(=C(/CO)N(C)C)c1ccc(C=C)c(/C=C(\C)NC(=O)c2cccc(N3CCN(C)CC3)c2)c1. The number of aliphatic hydroxyl groups is 1. The first kappa shape index (κ1) is 27.8. The van der Waals surface area contributed by atoms with Crippen molar-refractivity contribution in [3.8, 4) is 0 Å². The second-order valence-corrected chi connectivity index (χ2v) is 9.43. The van der Waals surface area contributed by atoms with Gasteiger partial charge in [-0.15, -0.1) is 5.73 Å². The van der Waals surface area contributed by atoms with Crippen LogP contribution in [0.1, 0.15) is 34.0 Å². The molecule has 0 atom stereocenters. The molecule has 1 fully saturated rings. The molecule has 0 aromatic heterocycles. The number of piperazine rings is 1. The van der Waals surface area contributed by atoms with Gasteiger partial charge in [0.1, 0.15) is 0 Å². The summed E-state index contributed by atoms with van der Waals surface area (Å²) in [6, 6.07) is 13.8. The molecule has 2 aromatic rings. The average molecular weight is 499 g/mol. The van der Waals surface area contributed by atoms with Crippen molar-refractivity contribution in [2.45, 2.75) is 6.92 Å². The molecule has 1 aliphatic heterocycles. The van der Waals surface area contributed by atoms with E-state index in [-0.39, 0.29) is 12.5 Å². The number of allylic oxidation sites excluding steroid dienone is 3. The van der Waals surface area contributed by atoms with E-state index in [9.17, 15) is 9.90 Å². The van der Waals surface area contributed by atoms with Crippen molar-refractivity contribution < 1.29 is 9.90 Å². The zero-order valence-electron chi connectivity index (χ0n) is 22.4. The minimum atomic E-state index is -0.147. The smallest absolute Gasteiger partial charge is 0.255 e. The largest absolute Gasteiger partial charge is 0.390 e. The van der Waals surface area contributed by atoms with E-state index < -0.39 is 0 Å². The van der Waals surface area contributed by atoms with Crippen LogP contribution < -0.4 is 10.2 Å². The summed E-state index contributed by atoms with van der Waals surface area (Å²) >= 11 is 0. The van der Waals surface area contributed by atoms with Crippen LogP contribution >= 0.6 is 0 Å². The molecule has 0 aliphatic carbocycles.